The first kappa shape index (κ1) is 18.1. The largest absolute Gasteiger partial charge is 0.492 e. The average Bonchev–Trinajstić information content (AvgIpc) is 2.62. The van der Waals surface area contributed by atoms with Gasteiger partial charge in [-0.25, -0.2) is 4.79 Å². The minimum Gasteiger partial charge on any atom is -0.492 e. The van der Waals surface area contributed by atoms with Crippen LogP contribution in [0.1, 0.15) is 39.0 Å². The number of carbonyl (C=O) groups is 2. The highest BCUT2D eigenvalue weighted by atomic mass is 16.5. The van der Waals surface area contributed by atoms with Gasteiger partial charge in [-0.3, -0.25) is 4.79 Å². The van der Waals surface area contributed by atoms with E-state index in [9.17, 15) is 9.59 Å². The molecule has 1 fully saturated rings. The van der Waals surface area contributed by atoms with Gasteiger partial charge in [0.15, 0.2) is 0 Å². The topological polar surface area (TPSA) is 70.7 Å². The summed E-state index contributed by atoms with van der Waals surface area (Å²) in [6.07, 6.45) is 4.42. The molecular weight excluding hydrogens is 306 g/mol. The number of hydrogen-bond acceptors (Lipinski definition) is 3. The highest BCUT2D eigenvalue weighted by molar-refractivity contribution is 5.91. The number of anilines is 1. The summed E-state index contributed by atoms with van der Waals surface area (Å²) in [5, 5.41) is 5.81. The Hall–Kier alpha value is -2.24. The van der Waals surface area contributed by atoms with Crippen molar-refractivity contribution in [2.45, 2.75) is 39.0 Å². The van der Waals surface area contributed by atoms with Crippen LogP contribution in [0.15, 0.2) is 24.3 Å². The number of nitrogens with zero attached hydrogens (tertiary/aromatic N) is 1. The average molecular weight is 333 g/mol. The maximum absolute atomic E-state index is 12.6. The van der Waals surface area contributed by atoms with E-state index in [1.165, 1.54) is 0 Å². The molecule has 0 unspecified atom stereocenters. The van der Waals surface area contributed by atoms with Crippen LogP contribution in [-0.2, 0) is 4.79 Å². The summed E-state index contributed by atoms with van der Waals surface area (Å²) in [6, 6.07) is 7.20. The van der Waals surface area contributed by atoms with Gasteiger partial charge < -0.3 is 20.3 Å². The molecule has 0 aromatic heterocycles. The van der Waals surface area contributed by atoms with Crippen molar-refractivity contribution in [3.8, 4) is 5.75 Å². The minimum atomic E-state index is -0.186. The van der Waals surface area contributed by atoms with Gasteiger partial charge in [0.1, 0.15) is 5.75 Å². The second-order valence-corrected chi connectivity index (χ2v) is 5.86. The summed E-state index contributed by atoms with van der Waals surface area (Å²) in [4.78, 5) is 26.1. The van der Waals surface area contributed by atoms with Gasteiger partial charge in [0.05, 0.1) is 12.3 Å². The number of urea groups is 1. The van der Waals surface area contributed by atoms with Crippen LogP contribution in [0.3, 0.4) is 0 Å². The number of hydrogen-bond donors (Lipinski definition) is 2. The molecule has 1 aromatic rings. The van der Waals surface area contributed by atoms with Crippen LogP contribution in [0, 0.1) is 0 Å². The lowest BCUT2D eigenvalue weighted by Gasteiger charge is -2.23. The molecule has 0 aliphatic carbocycles. The Kier molecular flexibility index (Phi) is 7.39. The van der Waals surface area contributed by atoms with Gasteiger partial charge in [0.25, 0.3) is 0 Å². The summed E-state index contributed by atoms with van der Waals surface area (Å²) < 4.78 is 5.54. The lowest BCUT2D eigenvalue weighted by molar-refractivity contribution is -0.121. The van der Waals surface area contributed by atoms with E-state index in [1.54, 1.807) is 4.90 Å². The van der Waals surface area contributed by atoms with Crippen molar-refractivity contribution < 1.29 is 14.3 Å². The molecule has 1 aliphatic rings. The molecule has 2 rings (SSSR count). The fraction of sp³-hybridized carbons (Fsp3) is 0.556. The predicted octanol–water partition coefficient (Wildman–Crippen LogP) is 3.00. The third-order valence-corrected chi connectivity index (χ3v) is 4.00. The molecule has 0 saturated carbocycles. The second-order valence-electron chi connectivity index (χ2n) is 5.86. The van der Waals surface area contributed by atoms with E-state index in [0.717, 1.165) is 32.2 Å². The zero-order valence-electron chi connectivity index (χ0n) is 14.3. The molecule has 0 bridgehead atoms. The quantitative estimate of drug-likeness (QED) is 0.893. The summed E-state index contributed by atoms with van der Waals surface area (Å²) >= 11 is 0. The van der Waals surface area contributed by atoms with Gasteiger partial charge in [-0.15, -0.1) is 0 Å². The van der Waals surface area contributed by atoms with Crippen molar-refractivity contribution in [1.29, 1.82) is 0 Å². The standard InChI is InChI=1S/C18H27N3O3/c1-2-24-16-10-6-5-9-15(16)20-18(23)21-13-8-4-3-7-12-19-17(22)11-14-21/h5-6,9-10H,2-4,7-8,11-14H2,1H3,(H,19,22)(H,20,23). The summed E-state index contributed by atoms with van der Waals surface area (Å²) in [7, 11) is 0. The van der Waals surface area contributed by atoms with E-state index in [2.05, 4.69) is 10.6 Å². The van der Waals surface area contributed by atoms with Crippen LogP contribution in [0.2, 0.25) is 0 Å². The monoisotopic (exact) mass is 333 g/mol. The van der Waals surface area contributed by atoms with Gasteiger partial charge in [-0.2, -0.15) is 0 Å². The molecule has 1 aromatic carbocycles. The van der Waals surface area contributed by atoms with Gasteiger partial charge in [-0.05, 0) is 31.9 Å². The number of rotatable bonds is 3. The molecule has 0 radical (unpaired) electrons. The Morgan fingerprint density at radius 3 is 2.83 bits per heavy atom. The summed E-state index contributed by atoms with van der Waals surface area (Å²) in [5.74, 6) is 0.661. The van der Waals surface area contributed by atoms with Gasteiger partial charge in [0.2, 0.25) is 5.91 Å². The highest BCUT2D eigenvalue weighted by Crippen LogP contribution is 2.24. The van der Waals surface area contributed by atoms with Crippen molar-refractivity contribution in [2.24, 2.45) is 0 Å². The first-order chi connectivity index (χ1) is 11.7. The first-order valence-electron chi connectivity index (χ1n) is 8.75. The predicted molar refractivity (Wildman–Crippen MR) is 94.3 cm³/mol. The molecule has 3 amide bonds. The van der Waals surface area contributed by atoms with Crippen LogP contribution in [0.4, 0.5) is 10.5 Å². The molecule has 6 nitrogen and oxygen atoms in total. The minimum absolute atomic E-state index is 0.00409. The van der Waals surface area contributed by atoms with E-state index in [0.29, 0.717) is 37.6 Å². The molecular formula is C18H27N3O3. The zero-order valence-corrected chi connectivity index (χ0v) is 14.3. The van der Waals surface area contributed by atoms with E-state index in [1.807, 2.05) is 31.2 Å². The Bertz CT molecular complexity index is 548. The molecule has 6 heteroatoms. The third kappa shape index (κ3) is 5.76. The number of nitrogens with one attached hydrogen (secondary N) is 2. The first-order valence-corrected chi connectivity index (χ1v) is 8.75. The second kappa shape index (κ2) is 9.80. The smallest absolute Gasteiger partial charge is 0.321 e. The normalized spacial score (nSPS) is 16.7. The fourth-order valence-electron chi connectivity index (χ4n) is 2.69. The fourth-order valence-corrected chi connectivity index (χ4v) is 2.69. The number of para-hydroxylation sites is 2. The maximum Gasteiger partial charge on any atom is 0.321 e. The van der Waals surface area contributed by atoms with E-state index < -0.39 is 0 Å². The molecule has 24 heavy (non-hydrogen) atoms. The van der Waals surface area contributed by atoms with Crippen LogP contribution in [-0.4, -0.2) is 43.1 Å². The van der Waals surface area contributed by atoms with Crippen molar-refractivity contribution in [1.82, 2.24) is 10.2 Å². The summed E-state index contributed by atoms with van der Waals surface area (Å²) in [6.45, 7) is 4.26. The van der Waals surface area contributed by atoms with Crippen molar-refractivity contribution in [3.05, 3.63) is 24.3 Å². The van der Waals surface area contributed by atoms with Crippen LogP contribution < -0.4 is 15.4 Å². The highest BCUT2D eigenvalue weighted by Gasteiger charge is 2.17. The van der Waals surface area contributed by atoms with E-state index >= 15 is 0 Å². The number of carbonyl (C=O) groups excluding carboxylic acids is 2. The molecule has 0 spiro atoms. The van der Waals surface area contributed by atoms with Crippen molar-refractivity contribution in [2.75, 3.05) is 31.6 Å². The van der Waals surface area contributed by atoms with E-state index in [4.69, 9.17) is 4.74 Å². The Labute approximate surface area is 143 Å². The van der Waals surface area contributed by atoms with Gasteiger partial charge in [0, 0.05) is 26.1 Å². The lowest BCUT2D eigenvalue weighted by Crippen LogP contribution is -2.38. The Morgan fingerprint density at radius 1 is 1.21 bits per heavy atom. The van der Waals surface area contributed by atoms with Crippen LogP contribution >= 0.6 is 0 Å². The van der Waals surface area contributed by atoms with Crippen molar-refractivity contribution >= 4 is 17.6 Å². The molecule has 1 saturated heterocycles. The molecule has 1 aliphatic heterocycles. The van der Waals surface area contributed by atoms with Crippen molar-refractivity contribution in [3.63, 3.8) is 0 Å². The number of ether oxygens (including phenoxy) is 1. The van der Waals surface area contributed by atoms with Crippen LogP contribution in [0.5, 0.6) is 5.75 Å². The zero-order chi connectivity index (χ0) is 17.2. The number of amides is 3. The maximum atomic E-state index is 12.6. The lowest BCUT2D eigenvalue weighted by atomic mass is 10.2. The van der Waals surface area contributed by atoms with E-state index in [-0.39, 0.29) is 11.9 Å². The summed E-state index contributed by atoms with van der Waals surface area (Å²) in [5.41, 5.74) is 0.656. The number of benzene rings is 1. The third-order valence-electron chi connectivity index (χ3n) is 4.00. The molecule has 1 heterocycles. The van der Waals surface area contributed by atoms with Gasteiger partial charge in [-0.1, -0.05) is 25.0 Å². The molecule has 0 atom stereocenters. The molecule has 132 valence electrons. The SMILES string of the molecule is CCOc1ccccc1NC(=O)N1CCCCCCNC(=O)CC1. The van der Waals surface area contributed by atoms with Crippen LogP contribution in [0.25, 0.3) is 0 Å². The molecule has 2 N–H and O–H groups in total. The Balaban J connectivity index is 2.01. The Morgan fingerprint density at radius 2 is 2.00 bits per heavy atom. The van der Waals surface area contributed by atoms with Gasteiger partial charge >= 0.3 is 6.03 Å².